The van der Waals surface area contributed by atoms with Gasteiger partial charge in [0.15, 0.2) is 11.5 Å². The summed E-state index contributed by atoms with van der Waals surface area (Å²) in [4.78, 5) is 12.5. The fourth-order valence-corrected chi connectivity index (χ4v) is 4.14. The van der Waals surface area contributed by atoms with E-state index in [0.717, 1.165) is 38.3 Å². The van der Waals surface area contributed by atoms with Gasteiger partial charge >= 0.3 is 0 Å². The van der Waals surface area contributed by atoms with Crippen molar-refractivity contribution in [1.82, 2.24) is 0 Å². The zero-order valence-corrected chi connectivity index (χ0v) is 17.5. The summed E-state index contributed by atoms with van der Waals surface area (Å²) in [5.74, 6) is 2.25. The van der Waals surface area contributed by atoms with Crippen LogP contribution in [0.25, 0.3) is 0 Å². The van der Waals surface area contributed by atoms with E-state index in [2.05, 4.69) is 21.2 Å². The zero-order chi connectivity index (χ0) is 18.7. The van der Waals surface area contributed by atoms with E-state index < -0.39 is 0 Å². The highest BCUT2D eigenvalue weighted by molar-refractivity contribution is 9.10. The smallest absolute Gasteiger partial charge is 0.237 e. The second-order valence-electron chi connectivity index (χ2n) is 6.35. The first-order valence-electron chi connectivity index (χ1n) is 8.52. The molecular weight excluding hydrogens is 414 g/mol. The van der Waals surface area contributed by atoms with Gasteiger partial charge in [0.2, 0.25) is 5.91 Å². The van der Waals surface area contributed by atoms with E-state index in [-0.39, 0.29) is 11.2 Å². The largest absolute Gasteiger partial charge is 0.486 e. The minimum atomic E-state index is -0.171. The van der Waals surface area contributed by atoms with Crippen molar-refractivity contribution < 1.29 is 14.3 Å². The Morgan fingerprint density at radius 3 is 2.62 bits per heavy atom. The topological polar surface area (TPSA) is 47.6 Å². The monoisotopic (exact) mass is 435 g/mol. The number of carbonyl (C=O) groups is 1. The molecule has 1 N–H and O–H groups in total. The van der Waals surface area contributed by atoms with Gasteiger partial charge in [0, 0.05) is 15.9 Å². The van der Waals surface area contributed by atoms with Crippen molar-refractivity contribution in [3.05, 3.63) is 51.5 Å². The van der Waals surface area contributed by atoms with Gasteiger partial charge in [0.05, 0.1) is 5.25 Å². The standard InChI is InChI=1S/C20H22BrNO3S/c1-12-4-5-13(2)17(8-12)22-20(23)14(3)26-11-15-9-18-19(10-16(15)21)25-7-6-24-18/h4-5,8-10,14H,6-7,11H2,1-3H3,(H,22,23). The second kappa shape index (κ2) is 8.35. The lowest BCUT2D eigenvalue weighted by Crippen LogP contribution is -2.23. The molecule has 0 fully saturated rings. The molecule has 1 unspecified atom stereocenters. The minimum absolute atomic E-state index is 0.0114. The number of halogens is 1. The third kappa shape index (κ3) is 4.54. The Morgan fingerprint density at radius 2 is 1.88 bits per heavy atom. The summed E-state index contributed by atoms with van der Waals surface area (Å²) in [6, 6.07) is 9.99. The number of carbonyl (C=O) groups excluding carboxylic acids is 1. The molecule has 0 saturated heterocycles. The second-order valence-corrected chi connectivity index (χ2v) is 8.53. The van der Waals surface area contributed by atoms with Gasteiger partial charge in [0.1, 0.15) is 13.2 Å². The van der Waals surface area contributed by atoms with Crippen LogP contribution in [0.4, 0.5) is 5.69 Å². The summed E-state index contributed by atoms with van der Waals surface area (Å²) < 4.78 is 12.2. The predicted octanol–water partition coefficient (Wildman–Crippen LogP) is 5.10. The predicted molar refractivity (Wildman–Crippen MR) is 110 cm³/mol. The Labute approximate surface area is 166 Å². The molecule has 4 nitrogen and oxygen atoms in total. The lowest BCUT2D eigenvalue weighted by atomic mass is 10.1. The number of rotatable bonds is 5. The summed E-state index contributed by atoms with van der Waals surface area (Å²) in [6.07, 6.45) is 0. The van der Waals surface area contributed by atoms with Crippen molar-refractivity contribution in [3.63, 3.8) is 0 Å². The third-order valence-corrected chi connectivity index (χ3v) is 6.15. The van der Waals surface area contributed by atoms with Crippen molar-refractivity contribution in [3.8, 4) is 11.5 Å². The molecule has 1 amide bonds. The molecule has 2 aromatic rings. The van der Waals surface area contributed by atoms with Crippen LogP contribution in [-0.4, -0.2) is 24.4 Å². The molecule has 2 aromatic carbocycles. The summed E-state index contributed by atoms with van der Waals surface area (Å²) in [5.41, 5.74) is 4.16. The Balaban J connectivity index is 1.62. The van der Waals surface area contributed by atoms with E-state index in [4.69, 9.17) is 9.47 Å². The van der Waals surface area contributed by atoms with Gasteiger partial charge in [0.25, 0.3) is 0 Å². The maximum atomic E-state index is 12.5. The molecule has 6 heteroatoms. The molecule has 3 rings (SSSR count). The molecule has 0 spiro atoms. The Hall–Kier alpha value is -1.66. The SMILES string of the molecule is Cc1ccc(C)c(NC(=O)C(C)SCc2cc3c(cc2Br)OCCO3)c1. The van der Waals surface area contributed by atoms with E-state index >= 15 is 0 Å². The van der Waals surface area contributed by atoms with Crippen molar-refractivity contribution in [2.45, 2.75) is 31.8 Å². The lowest BCUT2D eigenvalue weighted by Gasteiger charge is -2.20. The average Bonchev–Trinajstić information content (AvgIpc) is 2.62. The van der Waals surface area contributed by atoms with E-state index in [9.17, 15) is 4.79 Å². The van der Waals surface area contributed by atoms with E-state index in [1.54, 1.807) is 11.8 Å². The third-order valence-electron chi connectivity index (χ3n) is 4.22. The highest BCUT2D eigenvalue weighted by Gasteiger charge is 2.18. The Bertz CT molecular complexity index is 825. The van der Waals surface area contributed by atoms with Crippen LogP contribution in [0.1, 0.15) is 23.6 Å². The Kier molecular flexibility index (Phi) is 6.14. The van der Waals surface area contributed by atoms with Gasteiger partial charge in [-0.2, -0.15) is 0 Å². The number of ether oxygens (including phenoxy) is 2. The lowest BCUT2D eigenvalue weighted by molar-refractivity contribution is -0.115. The van der Waals surface area contributed by atoms with Crippen molar-refractivity contribution >= 4 is 39.3 Å². The summed E-state index contributed by atoms with van der Waals surface area (Å²) >= 11 is 5.18. The number of amides is 1. The van der Waals surface area contributed by atoms with E-state index in [1.807, 2.05) is 51.1 Å². The fraction of sp³-hybridized carbons (Fsp3) is 0.350. The molecule has 1 aliphatic heterocycles. The number of fused-ring (bicyclic) bond motifs is 1. The van der Waals surface area contributed by atoms with Crippen LogP contribution in [0.15, 0.2) is 34.8 Å². The van der Waals surface area contributed by atoms with Crippen molar-refractivity contribution in [2.75, 3.05) is 18.5 Å². The van der Waals surface area contributed by atoms with Gasteiger partial charge in [-0.1, -0.05) is 28.1 Å². The van der Waals surface area contributed by atoms with Crippen LogP contribution in [0, 0.1) is 13.8 Å². The summed E-state index contributed by atoms with van der Waals surface area (Å²) in [7, 11) is 0. The number of benzene rings is 2. The van der Waals surface area contributed by atoms with Gasteiger partial charge in [-0.25, -0.2) is 0 Å². The number of hydrogen-bond acceptors (Lipinski definition) is 4. The normalized spacial score (nSPS) is 14.0. The Morgan fingerprint density at radius 1 is 1.19 bits per heavy atom. The number of thioether (sulfide) groups is 1. The first kappa shape index (κ1) is 19.1. The molecule has 0 aliphatic carbocycles. The molecular formula is C20H22BrNO3S. The maximum absolute atomic E-state index is 12.5. The van der Waals surface area contributed by atoms with Gasteiger partial charge in [-0.15, -0.1) is 11.8 Å². The van der Waals surface area contributed by atoms with Gasteiger partial charge < -0.3 is 14.8 Å². The molecule has 1 heterocycles. The number of nitrogens with one attached hydrogen (secondary N) is 1. The number of aryl methyl sites for hydroxylation is 2. The molecule has 0 bridgehead atoms. The van der Waals surface area contributed by atoms with Crippen LogP contribution >= 0.6 is 27.7 Å². The molecule has 26 heavy (non-hydrogen) atoms. The van der Waals surface area contributed by atoms with Crippen LogP contribution in [0.2, 0.25) is 0 Å². The molecule has 0 saturated carbocycles. The quantitative estimate of drug-likeness (QED) is 0.709. The van der Waals surface area contributed by atoms with Crippen LogP contribution in [-0.2, 0) is 10.5 Å². The number of hydrogen-bond donors (Lipinski definition) is 1. The average molecular weight is 436 g/mol. The summed E-state index contributed by atoms with van der Waals surface area (Å²) in [5, 5.41) is 2.86. The molecule has 138 valence electrons. The van der Waals surface area contributed by atoms with E-state index in [0.29, 0.717) is 19.0 Å². The zero-order valence-electron chi connectivity index (χ0n) is 15.1. The summed E-state index contributed by atoms with van der Waals surface area (Å²) in [6.45, 7) is 7.09. The van der Waals surface area contributed by atoms with Crippen LogP contribution in [0.5, 0.6) is 11.5 Å². The van der Waals surface area contributed by atoms with Crippen LogP contribution in [0.3, 0.4) is 0 Å². The van der Waals surface area contributed by atoms with Crippen molar-refractivity contribution in [2.24, 2.45) is 0 Å². The minimum Gasteiger partial charge on any atom is -0.486 e. The van der Waals surface area contributed by atoms with E-state index in [1.165, 1.54) is 0 Å². The molecule has 1 aliphatic rings. The van der Waals surface area contributed by atoms with Gasteiger partial charge in [-0.3, -0.25) is 4.79 Å². The highest BCUT2D eigenvalue weighted by atomic mass is 79.9. The first-order valence-corrected chi connectivity index (χ1v) is 10.4. The molecule has 0 radical (unpaired) electrons. The molecule has 1 atom stereocenters. The highest BCUT2D eigenvalue weighted by Crippen LogP contribution is 2.37. The molecule has 0 aromatic heterocycles. The first-order chi connectivity index (χ1) is 12.4. The fourth-order valence-electron chi connectivity index (χ4n) is 2.61. The van der Waals surface area contributed by atoms with Gasteiger partial charge in [-0.05, 0) is 55.7 Å². The van der Waals surface area contributed by atoms with Crippen molar-refractivity contribution in [1.29, 1.82) is 0 Å². The van der Waals surface area contributed by atoms with Crippen LogP contribution < -0.4 is 14.8 Å². The maximum Gasteiger partial charge on any atom is 0.237 e. The number of anilines is 1.